The van der Waals surface area contributed by atoms with Gasteiger partial charge in [-0.05, 0) is 13.1 Å². The Balaban J connectivity index is 2.25. The molecule has 72 valence electrons. The number of aromatic nitrogens is 4. The summed E-state index contributed by atoms with van der Waals surface area (Å²) in [6.07, 6.45) is 7.10. The molecule has 0 amide bonds. The van der Waals surface area contributed by atoms with Crippen LogP contribution in [0.3, 0.4) is 0 Å². The first kappa shape index (κ1) is 8.83. The van der Waals surface area contributed by atoms with Crippen LogP contribution in [0.2, 0.25) is 0 Å². The van der Waals surface area contributed by atoms with Crippen LogP contribution in [0, 0.1) is 0 Å². The molecule has 0 aliphatic rings. The fraction of sp³-hybridized carbons (Fsp3) is 0.222. The first-order valence-corrected chi connectivity index (χ1v) is 4.35. The van der Waals surface area contributed by atoms with Gasteiger partial charge in [-0.2, -0.15) is 5.10 Å². The number of hydrogen-bond acceptors (Lipinski definition) is 4. The average molecular weight is 189 g/mol. The highest BCUT2D eigenvalue weighted by Gasteiger charge is 2.00. The number of hydrogen-bond donors (Lipinski definition) is 1. The Labute approximate surface area is 81.8 Å². The average Bonchev–Trinajstić information content (AvgIpc) is 2.68. The molecule has 0 saturated carbocycles. The van der Waals surface area contributed by atoms with E-state index in [1.165, 1.54) is 0 Å². The molecule has 0 bridgehead atoms. The van der Waals surface area contributed by atoms with E-state index in [0.29, 0.717) is 5.95 Å². The monoisotopic (exact) mass is 189 g/mol. The highest BCUT2D eigenvalue weighted by Crippen LogP contribution is 2.01. The zero-order valence-electron chi connectivity index (χ0n) is 7.88. The molecule has 0 aromatic carbocycles. The maximum atomic E-state index is 4.16. The van der Waals surface area contributed by atoms with Gasteiger partial charge in [-0.15, -0.1) is 0 Å². The van der Waals surface area contributed by atoms with E-state index in [1.807, 2.05) is 13.2 Å². The lowest BCUT2D eigenvalue weighted by Crippen LogP contribution is -2.04. The first-order valence-electron chi connectivity index (χ1n) is 4.35. The molecule has 0 atom stereocenters. The van der Waals surface area contributed by atoms with Crippen LogP contribution in [0.1, 0.15) is 5.56 Å². The molecule has 2 rings (SSSR count). The summed E-state index contributed by atoms with van der Waals surface area (Å²) in [5.74, 6) is 0.592. The van der Waals surface area contributed by atoms with Crippen LogP contribution in [0.4, 0.5) is 0 Å². The predicted molar refractivity (Wildman–Crippen MR) is 51.9 cm³/mol. The number of nitrogens with one attached hydrogen (secondary N) is 1. The molecular formula is C9H11N5. The number of nitrogens with zero attached hydrogens (tertiary/aromatic N) is 4. The van der Waals surface area contributed by atoms with Crippen LogP contribution in [0.5, 0.6) is 0 Å². The largest absolute Gasteiger partial charge is 0.316 e. The van der Waals surface area contributed by atoms with E-state index in [4.69, 9.17) is 0 Å². The van der Waals surface area contributed by atoms with E-state index in [1.54, 1.807) is 29.3 Å². The van der Waals surface area contributed by atoms with Gasteiger partial charge in [0.25, 0.3) is 0 Å². The van der Waals surface area contributed by atoms with Crippen molar-refractivity contribution in [2.75, 3.05) is 7.05 Å². The Morgan fingerprint density at radius 2 is 2.14 bits per heavy atom. The summed E-state index contributed by atoms with van der Waals surface area (Å²) in [5.41, 5.74) is 1.11. The molecule has 2 heterocycles. The van der Waals surface area contributed by atoms with Gasteiger partial charge in [-0.3, -0.25) is 0 Å². The van der Waals surface area contributed by atoms with Gasteiger partial charge < -0.3 is 5.32 Å². The molecule has 0 spiro atoms. The van der Waals surface area contributed by atoms with Crippen LogP contribution in [-0.4, -0.2) is 26.8 Å². The van der Waals surface area contributed by atoms with Crippen LogP contribution in [0.15, 0.2) is 30.9 Å². The van der Waals surface area contributed by atoms with Crippen molar-refractivity contribution in [2.24, 2.45) is 0 Å². The van der Waals surface area contributed by atoms with Crippen LogP contribution >= 0.6 is 0 Å². The van der Waals surface area contributed by atoms with Gasteiger partial charge in [-0.25, -0.2) is 14.6 Å². The third kappa shape index (κ3) is 1.77. The fourth-order valence-electron chi connectivity index (χ4n) is 1.17. The Hall–Kier alpha value is -1.75. The van der Waals surface area contributed by atoms with Gasteiger partial charge in [0.15, 0.2) is 0 Å². The standard InChI is InChI=1S/C9H11N5/c1-10-5-8-6-13-14(7-8)9-11-3-2-4-12-9/h2-4,6-7,10H,5H2,1H3. The minimum atomic E-state index is 0.592. The maximum Gasteiger partial charge on any atom is 0.250 e. The summed E-state index contributed by atoms with van der Waals surface area (Å²) in [6, 6.07) is 1.78. The van der Waals surface area contributed by atoms with Crippen molar-refractivity contribution in [3.05, 3.63) is 36.4 Å². The molecule has 0 unspecified atom stereocenters. The second kappa shape index (κ2) is 3.97. The SMILES string of the molecule is CNCc1cnn(-c2ncccn2)c1. The molecule has 0 aliphatic heterocycles. The third-order valence-electron chi connectivity index (χ3n) is 1.77. The molecule has 0 saturated heterocycles. The van der Waals surface area contributed by atoms with Crippen LogP contribution < -0.4 is 5.32 Å². The molecule has 2 aromatic rings. The van der Waals surface area contributed by atoms with Crippen molar-refractivity contribution in [3.8, 4) is 5.95 Å². The van der Waals surface area contributed by atoms with E-state index in [0.717, 1.165) is 12.1 Å². The van der Waals surface area contributed by atoms with Crippen molar-refractivity contribution in [1.29, 1.82) is 0 Å². The Kier molecular flexibility index (Phi) is 2.51. The summed E-state index contributed by atoms with van der Waals surface area (Å²) >= 11 is 0. The quantitative estimate of drug-likeness (QED) is 0.758. The molecule has 0 aliphatic carbocycles. The van der Waals surface area contributed by atoms with Crippen molar-refractivity contribution < 1.29 is 0 Å². The zero-order valence-corrected chi connectivity index (χ0v) is 7.88. The van der Waals surface area contributed by atoms with Gasteiger partial charge in [-0.1, -0.05) is 0 Å². The summed E-state index contributed by atoms with van der Waals surface area (Å²) in [5, 5.41) is 7.21. The fourth-order valence-corrected chi connectivity index (χ4v) is 1.17. The van der Waals surface area contributed by atoms with Crippen molar-refractivity contribution >= 4 is 0 Å². The maximum absolute atomic E-state index is 4.16. The van der Waals surface area contributed by atoms with E-state index in [2.05, 4.69) is 20.4 Å². The molecule has 5 nitrogen and oxygen atoms in total. The van der Waals surface area contributed by atoms with Gasteiger partial charge in [0.1, 0.15) is 0 Å². The second-order valence-electron chi connectivity index (χ2n) is 2.87. The van der Waals surface area contributed by atoms with Gasteiger partial charge in [0.2, 0.25) is 5.95 Å². The van der Waals surface area contributed by atoms with Crippen molar-refractivity contribution in [3.63, 3.8) is 0 Å². The molecule has 2 aromatic heterocycles. The molecular weight excluding hydrogens is 178 g/mol. The Morgan fingerprint density at radius 3 is 2.86 bits per heavy atom. The summed E-state index contributed by atoms with van der Waals surface area (Å²) in [7, 11) is 1.90. The van der Waals surface area contributed by atoms with Crippen molar-refractivity contribution in [2.45, 2.75) is 6.54 Å². The lowest BCUT2D eigenvalue weighted by atomic mass is 10.4. The molecule has 0 fully saturated rings. The van der Waals surface area contributed by atoms with Gasteiger partial charge in [0.05, 0.1) is 6.20 Å². The minimum absolute atomic E-state index is 0.592. The normalized spacial score (nSPS) is 10.4. The Morgan fingerprint density at radius 1 is 1.36 bits per heavy atom. The zero-order chi connectivity index (χ0) is 9.80. The van der Waals surface area contributed by atoms with E-state index >= 15 is 0 Å². The van der Waals surface area contributed by atoms with Gasteiger partial charge in [0, 0.05) is 30.7 Å². The smallest absolute Gasteiger partial charge is 0.250 e. The van der Waals surface area contributed by atoms with E-state index in [-0.39, 0.29) is 0 Å². The lowest BCUT2D eigenvalue weighted by molar-refractivity contribution is 0.799. The Bertz CT molecular complexity index is 395. The topological polar surface area (TPSA) is 55.6 Å². The number of rotatable bonds is 3. The summed E-state index contributed by atoms with van der Waals surface area (Å²) in [4.78, 5) is 8.18. The second-order valence-corrected chi connectivity index (χ2v) is 2.87. The highest BCUT2D eigenvalue weighted by atomic mass is 15.3. The molecule has 0 radical (unpaired) electrons. The molecule has 14 heavy (non-hydrogen) atoms. The minimum Gasteiger partial charge on any atom is -0.316 e. The van der Waals surface area contributed by atoms with E-state index in [9.17, 15) is 0 Å². The summed E-state index contributed by atoms with van der Waals surface area (Å²) < 4.78 is 1.66. The lowest BCUT2D eigenvalue weighted by Gasteiger charge is -1.96. The van der Waals surface area contributed by atoms with Crippen LogP contribution in [0.25, 0.3) is 5.95 Å². The van der Waals surface area contributed by atoms with E-state index < -0.39 is 0 Å². The van der Waals surface area contributed by atoms with Crippen LogP contribution in [-0.2, 0) is 6.54 Å². The summed E-state index contributed by atoms with van der Waals surface area (Å²) in [6.45, 7) is 0.798. The highest BCUT2D eigenvalue weighted by molar-refractivity contribution is 5.13. The van der Waals surface area contributed by atoms with Gasteiger partial charge >= 0.3 is 0 Å². The first-order chi connectivity index (χ1) is 6.90. The molecule has 1 N–H and O–H groups in total. The predicted octanol–water partition coefficient (Wildman–Crippen LogP) is 0.382. The molecule has 5 heteroatoms. The third-order valence-corrected chi connectivity index (χ3v) is 1.77. The van der Waals surface area contributed by atoms with Crippen molar-refractivity contribution in [1.82, 2.24) is 25.1 Å².